The number of carbonyl (C=O) groups excluding carboxylic acids is 2. The lowest BCUT2D eigenvalue weighted by Gasteiger charge is -2.28. The zero-order chi connectivity index (χ0) is 17.8. The van der Waals surface area contributed by atoms with Crippen LogP contribution in [0.2, 0.25) is 0 Å². The van der Waals surface area contributed by atoms with Gasteiger partial charge in [0.1, 0.15) is 6.54 Å². The maximum atomic E-state index is 12.7. The molecule has 0 aliphatic carbocycles. The van der Waals surface area contributed by atoms with Crippen molar-refractivity contribution in [2.45, 2.75) is 19.3 Å². The molecule has 136 valence electrons. The van der Waals surface area contributed by atoms with Crippen LogP contribution in [0.5, 0.6) is 11.5 Å². The van der Waals surface area contributed by atoms with Crippen LogP contribution in [0.1, 0.15) is 19.3 Å². The van der Waals surface area contributed by atoms with Gasteiger partial charge in [-0.05, 0) is 31.4 Å². The van der Waals surface area contributed by atoms with Crippen molar-refractivity contribution in [1.29, 1.82) is 0 Å². The van der Waals surface area contributed by atoms with E-state index in [2.05, 4.69) is 0 Å². The molecule has 1 aromatic carbocycles. The third-order valence-corrected chi connectivity index (χ3v) is 4.81. The van der Waals surface area contributed by atoms with Crippen molar-refractivity contribution >= 4 is 17.6 Å². The summed E-state index contributed by atoms with van der Waals surface area (Å²) in [5.41, 5.74) is 0.746. The zero-order valence-corrected chi connectivity index (χ0v) is 14.9. The standard InChI is InChI=1S/C18H25N3O4/c1-24-15-7-6-14(12-16(15)25-2)21-11-10-20(18(21)23)13-17(22)19-8-4-3-5-9-19/h6-7,12H,3-5,8-11,13H2,1-2H3. The Labute approximate surface area is 148 Å². The van der Waals surface area contributed by atoms with Crippen LogP contribution < -0.4 is 14.4 Å². The van der Waals surface area contributed by atoms with E-state index in [0.717, 1.165) is 31.6 Å². The van der Waals surface area contributed by atoms with Gasteiger partial charge in [0.15, 0.2) is 11.5 Å². The fourth-order valence-corrected chi connectivity index (χ4v) is 3.37. The quantitative estimate of drug-likeness (QED) is 0.817. The molecule has 0 radical (unpaired) electrons. The third kappa shape index (κ3) is 3.65. The van der Waals surface area contributed by atoms with E-state index in [0.29, 0.717) is 24.6 Å². The van der Waals surface area contributed by atoms with Gasteiger partial charge in [-0.1, -0.05) is 0 Å². The number of rotatable bonds is 5. The third-order valence-electron chi connectivity index (χ3n) is 4.81. The van der Waals surface area contributed by atoms with Crippen molar-refractivity contribution in [1.82, 2.24) is 9.80 Å². The van der Waals surface area contributed by atoms with Crippen LogP contribution in [0.3, 0.4) is 0 Å². The van der Waals surface area contributed by atoms with Crippen molar-refractivity contribution in [3.63, 3.8) is 0 Å². The highest BCUT2D eigenvalue weighted by Crippen LogP contribution is 2.32. The number of urea groups is 1. The number of amides is 3. The van der Waals surface area contributed by atoms with Crippen molar-refractivity contribution in [2.75, 3.05) is 51.8 Å². The van der Waals surface area contributed by atoms with Crippen LogP contribution in [0.4, 0.5) is 10.5 Å². The molecule has 2 saturated heterocycles. The van der Waals surface area contributed by atoms with E-state index >= 15 is 0 Å². The lowest BCUT2D eigenvalue weighted by molar-refractivity contribution is -0.132. The topological polar surface area (TPSA) is 62.3 Å². The van der Waals surface area contributed by atoms with Crippen molar-refractivity contribution in [3.05, 3.63) is 18.2 Å². The molecule has 3 amide bonds. The Hall–Kier alpha value is -2.44. The molecule has 0 bridgehead atoms. The Morgan fingerprint density at radius 2 is 1.72 bits per heavy atom. The Morgan fingerprint density at radius 3 is 2.40 bits per heavy atom. The average Bonchev–Trinajstić information content (AvgIpc) is 3.02. The molecule has 2 aliphatic rings. The molecular formula is C18H25N3O4. The number of anilines is 1. The van der Waals surface area contributed by atoms with E-state index in [4.69, 9.17) is 9.47 Å². The maximum absolute atomic E-state index is 12.7. The fraction of sp³-hybridized carbons (Fsp3) is 0.556. The number of methoxy groups -OCH3 is 2. The smallest absolute Gasteiger partial charge is 0.325 e. The summed E-state index contributed by atoms with van der Waals surface area (Å²) in [6.45, 7) is 2.87. The second kappa shape index (κ2) is 7.63. The number of hydrogen-bond donors (Lipinski definition) is 0. The molecule has 0 saturated carbocycles. The largest absolute Gasteiger partial charge is 0.493 e. The highest BCUT2D eigenvalue weighted by Gasteiger charge is 2.32. The Kier molecular flexibility index (Phi) is 5.31. The molecule has 0 aromatic heterocycles. The molecule has 2 fully saturated rings. The summed E-state index contributed by atoms with van der Waals surface area (Å²) in [5.74, 6) is 1.24. The molecule has 2 heterocycles. The predicted octanol–water partition coefficient (Wildman–Crippen LogP) is 1.96. The van der Waals surface area contributed by atoms with Gasteiger partial charge in [-0.3, -0.25) is 9.69 Å². The number of nitrogens with zero attached hydrogens (tertiary/aromatic N) is 3. The Balaban J connectivity index is 1.66. The van der Waals surface area contributed by atoms with Gasteiger partial charge in [0.05, 0.1) is 14.2 Å². The molecule has 0 unspecified atom stereocenters. The highest BCUT2D eigenvalue weighted by atomic mass is 16.5. The first kappa shape index (κ1) is 17.4. The monoisotopic (exact) mass is 347 g/mol. The van der Waals surface area contributed by atoms with E-state index < -0.39 is 0 Å². The van der Waals surface area contributed by atoms with E-state index in [1.165, 1.54) is 6.42 Å². The van der Waals surface area contributed by atoms with Crippen molar-refractivity contribution < 1.29 is 19.1 Å². The summed E-state index contributed by atoms with van der Waals surface area (Å²) in [6.07, 6.45) is 3.29. The summed E-state index contributed by atoms with van der Waals surface area (Å²) in [4.78, 5) is 30.3. The molecule has 7 nitrogen and oxygen atoms in total. The van der Waals surface area contributed by atoms with Crippen LogP contribution in [0.15, 0.2) is 18.2 Å². The van der Waals surface area contributed by atoms with Gasteiger partial charge in [0, 0.05) is 37.9 Å². The Bertz CT molecular complexity index is 643. The first-order valence-electron chi connectivity index (χ1n) is 8.70. The maximum Gasteiger partial charge on any atom is 0.325 e. The number of likely N-dealkylation sites (tertiary alicyclic amines) is 1. The molecule has 7 heteroatoms. The van der Waals surface area contributed by atoms with E-state index in [-0.39, 0.29) is 18.5 Å². The van der Waals surface area contributed by atoms with Crippen molar-refractivity contribution in [2.24, 2.45) is 0 Å². The number of hydrogen-bond acceptors (Lipinski definition) is 4. The summed E-state index contributed by atoms with van der Waals surface area (Å²) in [6, 6.07) is 5.25. The average molecular weight is 347 g/mol. The summed E-state index contributed by atoms with van der Waals surface area (Å²) < 4.78 is 10.5. The normalized spacial score (nSPS) is 17.8. The van der Waals surface area contributed by atoms with E-state index in [9.17, 15) is 9.59 Å². The minimum atomic E-state index is -0.141. The number of ether oxygens (including phenoxy) is 2. The van der Waals surface area contributed by atoms with Crippen LogP contribution in [-0.4, -0.2) is 68.7 Å². The van der Waals surface area contributed by atoms with Gasteiger partial charge >= 0.3 is 6.03 Å². The van der Waals surface area contributed by atoms with Crippen molar-refractivity contribution in [3.8, 4) is 11.5 Å². The molecule has 3 rings (SSSR count). The van der Waals surface area contributed by atoms with Crippen LogP contribution in [0, 0.1) is 0 Å². The first-order chi connectivity index (χ1) is 12.1. The molecule has 0 N–H and O–H groups in total. The molecule has 0 spiro atoms. The number of carbonyl (C=O) groups is 2. The lowest BCUT2D eigenvalue weighted by Crippen LogP contribution is -2.44. The van der Waals surface area contributed by atoms with Gasteiger partial charge in [-0.15, -0.1) is 0 Å². The predicted molar refractivity (Wildman–Crippen MR) is 94.3 cm³/mol. The summed E-state index contributed by atoms with van der Waals surface area (Å²) >= 11 is 0. The van der Waals surface area contributed by atoms with Gasteiger partial charge in [0.25, 0.3) is 0 Å². The van der Waals surface area contributed by atoms with Gasteiger partial charge < -0.3 is 19.3 Å². The molecule has 0 atom stereocenters. The van der Waals surface area contributed by atoms with Crippen LogP contribution in [0.25, 0.3) is 0 Å². The SMILES string of the molecule is COc1ccc(N2CCN(CC(=O)N3CCCCC3)C2=O)cc1OC. The molecule has 1 aromatic rings. The summed E-state index contributed by atoms with van der Waals surface area (Å²) in [7, 11) is 3.14. The van der Waals surface area contributed by atoms with E-state index in [1.54, 1.807) is 36.2 Å². The van der Waals surface area contributed by atoms with Crippen LogP contribution >= 0.6 is 0 Å². The molecule has 2 aliphatic heterocycles. The zero-order valence-electron chi connectivity index (χ0n) is 14.9. The first-order valence-corrected chi connectivity index (χ1v) is 8.70. The highest BCUT2D eigenvalue weighted by molar-refractivity contribution is 5.96. The second-order valence-corrected chi connectivity index (χ2v) is 6.34. The number of piperidine rings is 1. The fourth-order valence-electron chi connectivity index (χ4n) is 3.37. The molecule has 25 heavy (non-hydrogen) atoms. The van der Waals surface area contributed by atoms with Gasteiger partial charge in [-0.25, -0.2) is 4.79 Å². The number of benzene rings is 1. The summed E-state index contributed by atoms with van der Waals surface area (Å²) in [5, 5.41) is 0. The lowest BCUT2D eigenvalue weighted by atomic mass is 10.1. The van der Waals surface area contributed by atoms with E-state index in [1.807, 2.05) is 11.0 Å². The second-order valence-electron chi connectivity index (χ2n) is 6.34. The Morgan fingerprint density at radius 1 is 1.00 bits per heavy atom. The van der Waals surface area contributed by atoms with Gasteiger partial charge in [0.2, 0.25) is 5.91 Å². The minimum absolute atomic E-state index is 0.0437. The van der Waals surface area contributed by atoms with Gasteiger partial charge in [-0.2, -0.15) is 0 Å². The minimum Gasteiger partial charge on any atom is -0.493 e. The van der Waals surface area contributed by atoms with Crippen LogP contribution in [-0.2, 0) is 4.79 Å². The molecular weight excluding hydrogens is 322 g/mol.